The Balaban J connectivity index is 2.10. The molecule has 0 radical (unpaired) electrons. The average Bonchev–Trinajstić information content (AvgIpc) is 2.25. The first-order valence-electron chi connectivity index (χ1n) is 5.84. The molecule has 0 fully saturated rings. The van der Waals surface area contributed by atoms with Crippen LogP contribution >= 0.6 is 0 Å². The summed E-state index contributed by atoms with van der Waals surface area (Å²) in [7, 11) is -3.03. The number of sulfone groups is 1. The van der Waals surface area contributed by atoms with Crippen LogP contribution in [0.1, 0.15) is 6.92 Å². The van der Waals surface area contributed by atoms with Gasteiger partial charge in [-0.15, -0.1) is 0 Å². The summed E-state index contributed by atoms with van der Waals surface area (Å²) in [6.07, 6.45) is 1.20. The van der Waals surface area contributed by atoms with Crippen LogP contribution < -0.4 is 15.4 Å². The maximum Gasteiger partial charge on any atom is 0.262 e. The second-order valence-electron chi connectivity index (χ2n) is 4.69. The van der Waals surface area contributed by atoms with Gasteiger partial charge in [0.15, 0.2) is 6.61 Å². The number of carbonyl (C=O) groups is 1. The smallest absolute Gasteiger partial charge is 0.262 e. The lowest BCUT2D eigenvalue weighted by molar-refractivity contribution is -0.118. The van der Waals surface area contributed by atoms with E-state index in [1.165, 1.54) is 6.26 Å². The molecule has 2 rings (SSSR count). The third-order valence-electron chi connectivity index (χ3n) is 2.58. The average molecular weight is 284 g/mol. The van der Waals surface area contributed by atoms with Crippen LogP contribution in [0.4, 0.5) is 11.4 Å². The van der Waals surface area contributed by atoms with E-state index in [1.807, 2.05) is 0 Å². The van der Waals surface area contributed by atoms with Crippen molar-refractivity contribution in [3.63, 3.8) is 0 Å². The SMILES string of the molecule is CC(CS(C)(=O)=O)Nc1ccc2c(c1)NC(=O)CO2. The van der Waals surface area contributed by atoms with Gasteiger partial charge in [-0.3, -0.25) is 4.79 Å². The van der Waals surface area contributed by atoms with Crippen LogP contribution in [0.15, 0.2) is 18.2 Å². The number of ether oxygens (including phenoxy) is 1. The van der Waals surface area contributed by atoms with Crippen molar-refractivity contribution in [2.75, 3.05) is 29.2 Å². The van der Waals surface area contributed by atoms with Gasteiger partial charge in [0.05, 0.1) is 11.4 Å². The fourth-order valence-electron chi connectivity index (χ4n) is 1.95. The van der Waals surface area contributed by atoms with Gasteiger partial charge in [0.25, 0.3) is 5.91 Å². The van der Waals surface area contributed by atoms with E-state index in [-0.39, 0.29) is 24.3 Å². The summed E-state index contributed by atoms with van der Waals surface area (Å²) in [5.74, 6) is 0.460. The molecule has 0 saturated carbocycles. The second-order valence-corrected chi connectivity index (χ2v) is 6.87. The first-order valence-corrected chi connectivity index (χ1v) is 7.90. The number of carbonyl (C=O) groups excluding carboxylic acids is 1. The molecular formula is C12H16N2O4S. The van der Waals surface area contributed by atoms with Crippen LogP contribution in [0.3, 0.4) is 0 Å². The molecule has 1 heterocycles. The van der Waals surface area contributed by atoms with Gasteiger partial charge in [-0.25, -0.2) is 8.42 Å². The minimum atomic E-state index is -3.03. The van der Waals surface area contributed by atoms with Crippen molar-refractivity contribution >= 4 is 27.1 Å². The maximum absolute atomic E-state index is 11.2. The van der Waals surface area contributed by atoms with Gasteiger partial charge in [0.2, 0.25) is 0 Å². The highest BCUT2D eigenvalue weighted by molar-refractivity contribution is 7.90. The zero-order chi connectivity index (χ0) is 14.0. The molecule has 0 aromatic heterocycles. The number of amides is 1. The first-order chi connectivity index (χ1) is 8.83. The van der Waals surface area contributed by atoms with E-state index in [4.69, 9.17) is 4.74 Å². The van der Waals surface area contributed by atoms with Crippen molar-refractivity contribution in [3.8, 4) is 5.75 Å². The second kappa shape index (κ2) is 5.08. The van der Waals surface area contributed by atoms with Crippen molar-refractivity contribution in [1.82, 2.24) is 0 Å². The Bertz CT molecular complexity index is 598. The molecular weight excluding hydrogens is 268 g/mol. The summed E-state index contributed by atoms with van der Waals surface area (Å²) in [5, 5.41) is 5.78. The van der Waals surface area contributed by atoms with E-state index in [2.05, 4.69) is 10.6 Å². The first kappa shape index (κ1) is 13.7. The Hall–Kier alpha value is -1.76. The molecule has 19 heavy (non-hydrogen) atoms. The fourth-order valence-corrected chi connectivity index (χ4v) is 2.94. The minimum absolute atomic E-state index is 0.0181. The Morgan fingerprint density at radius 3 is 2.89 bits per heavy atom. The van der Waals surface area contributed by atoms with Crippen LogP contribution in [-0.4, -0.2) is 39.0 Å². The number of nitrogens with one attached hydrogen (secondary N) is 2. The standard InChI is InChI=1S/C12H16N2O4S/c1-8(7-19(2,16)17)13-9-3-4-11-10(5-9)14-12(15)6-18-11/h3-5,8,13H,6-7H2,1-2H3,(H,14,15). The fraction of sp³-hybridized carbons (Fsp3) is 0.417. The summed E-state index contributed by atoms with van der Waals surface area (Å²) in [4.78, 5) is 11.2. The predicted molar refractivity (Wildman–Crippen MR) is 73.4 cm³/mol. The van der Waals surface area contributed by atoms with Crippen LogP contribution in [0, 0.1) is 0 Å². The molecule has 2 N–H and O–H groups in total. The molecule has 7 heteroatoms. The molecule has 0 spiro atoms. The molecule has 1 aromatic carbocycles. The highest BCUT2D eigenvalue weighted by Gasteiger charge is 2.17. The number of anilines is 2. The molecule has 104 valence electrons. The highest BCUT2D eigenvalue weighted by Crippen LogP contribution is 2.30. The third kappa shape index (κ3) is 3.85. The van der Waals surface area contributed by atoms with Crippen LogP contribution in [-0.2, 0) is 14.6 Å². The molecule has 1 aliphatic heterocycles. The topological polar surface area (TPSA) is 84.5 Å². The van der Waals surface area contributed by atoms with Gasteiger partial charge in [-0.1, -0.05) is 0 Å². The molecule has 0 saturated heterocycles. The largest absolute Gasteiger partial charge is 0.482 e. The maximum atomic E-state index is 11.2. The predicted octanol–water partition coefficient (Wildman–Crippen LogP) is 0.862. The van der Waals surface area contributed by atoms with Crippen LogP contribution in [0.25, 0.3) is 0 Å². The molecule has 0 aliphatic carbocycles. The van der Waals surface area contributed by atoms with Gasteiger partial charge in [-0.2, -0.15) is 0 Å². The van der Waals surface area contributed by atoms with Gasteiger partial charge >= 0.3 is 0 Å². The number of fused-ring (bicyclic) bond motifs is 1. The Morgan fingerprint density at radius 1 is 1.47 bits per heavy atom. The lowest BCUT2D eigenvalue weighted by Gasteiger charge is -2.20. The van der Waals surface area contributed by atoms with E-state index in [1.54, 1.807) is 25.1 Å². The van der Waals surface area contributed by atoms with Crippen molar-refractivity contribution in [2.24, 2.45) is 0 Å². The quantitative estimate of drug-likeness (QED) is 0.856. The van der Waals surface area contributed by atoms with Gasteiger partial charge in [-0.05, 0) is 25.1 Å². The minimum Gasteiger partial charge on any atom is -0.482 e. The summed E-state index contributed by atoms with van der Waals surface area (Å²) < 4.78 is 27.6. The van der Waals surface area contributed by atoms with Crippen molar-refractivity contribution in [1.29, 1.82) is 0 Å². The van der Waals surface area contributed by atoms with E-state index < -0.39 is 9.84 Å². The zero-order valence-corrected chi connectivity index (χ0v) is 11.6. The van der Waals surface area contributed by atoms with Gasteiger partial charge < -0.3 is 15.4 Å². The third-order valence-corrected chi connectivity index (χ3v) is 3.68. The summed E-state index contributed by atoms with van der Waals surface area (Å²) in [6.45, 7) is 1.81. The van der Waals surface area contributed by atoms with E-state index in [9.17, 15) is 13.2 Å². The normalized spacial score (nSPS) is 16.0. The van der Waals surface area contributed by atoms with E-state index in [0.717, 1.165) is 5.69 Å². The van der Waals surface area contributed by atoms with Gasteiger partial charge in [0, 0.05) is 18.0 Å². The van der Waals surface area contributed by atoms with Gasteiger partial charge in [0.1, 0.15) is 15.6 Å². The zero-order valence-electron chi connectivity index (χ0n) is 10.8. The van der Waals surface area contributed by atoms with Crippen LogP contribution in [0.2, 0.25) is 0 Å². The number of hydrogen-bond acceptors (Lipinski definition) is 5. The molecule has 1 unspecified atom stereocenters. The Kier molecular flexibility index (Phi) is 3.66. The summed E-state index contributed by atoms with van der Waals surface area (Å²) in [5.41, 5.74) is 1.33. The van der Waals surface area contributed by atoms with Crippen LogP contribution in [0.5, 0.6) is 5.75 Å². The van der Waals surface area contributed by atoms with E-state index in [0.29, 0.717) is 11.4 Å². The Morgan fingerprint density at radius 2 is 2.21 bits per heavy atom. The monoisotopic (exact) mass is 284 g/mol. The molecule has 0 bridgehead atoms. The molecule has 1 aliphatic rings. The molecule has 1 aromatic rings. The van der Waals surface area contributed by atoms with Crippen molar-refractivity contribution in [3.05, 3.63) is 18.2 Å². The van der Waals surface area contributed by atoms with Crippen molar-refractivity contribution < 1.29 is 17.9 Å². The number of rotatable bonds is 4. The molecule has 1 amide bonds. The summed E-state index contributed by atoms with van der Waals surface area (Å²) in [6, 6.07) is 5.04. The lowest BCUT2D eigenvalue weighted by atomic mass is 10.2. The Labute approximate surface area is 112 Å². The highest BCUT2D eigenvalue weighted by atomic mass is 32.2. The summed E-state index contributed by atoms with van der Waals surface area (Å²) >= 11 is 0. The van der Waals surface area contributed by atoms with E-state index >= 15 is 0 Å². The molecule has 1 atom stereocenters. The number of hydrogen-bond donors (Lipinski definition) is 2. The number of benzene rings is 1. The molecule has 6 nitrogen and oxygen atoms in total. The van der Waals surface area contributed by atoms with Crippen molar-refractivity contribution in [2.45, 2.75) is 13.0 Å². The lowest BCUT2D eigenvalue weighted by Crippen LogP contribution is -2.27.